The zero-order valence-electron chi connectivity index (χ0n) is 10.6. The highest BCUT2D eigenvalue weighted by Crippen LogP contribution is 2.17. The number of aromatic nitrogens is 2. The van der Waals surface area contributed by atoms with Crippen LogP contribution in [-0.4, -0.2) is 22.4 Å². The highest BCUT2D eigenvalue weighted by atomic mass is 19.1. The number of nitrogens with zero attached hydrogens (tertiary/aromatic N) is 1. The fraction of sp³-hybridized carbons (Fsp3) is 0.231. The number of carbonyl (C=O) groups is 1. The van der Waals surface area contributed by atoms with E-state index in [0.29, 0.717) is 19.4 Å². The fourth-order valence-electron chi connectivity index (χ4n) is 1.71. The summed E-state index contributed by atoms with van der Waals surface area (Å²) in [6.07, 6.45) is 4.71. The summed E-state index contributed by atoms with van der Waals surface area (Å²) in [5, 5.41) is 2.58. The molecule has 7 heteroatoms. The molecule has 0 saturated carbocycles. The lowest BCUT2D eigenvalue weighted by atomic mass is 10.1. The highest BCUT2D eigenvalue weighted by molar-refractivity contribution is 5.94. The molecule has 0 saturated heterocycles. The van der Waals surface area contributed by atoms with E-state index in [0.717, 1.165) is 18.0 Å². The Kier molecular flexibility index (Phi) is 4.29. The number of aryl methyl sites for hydroxylation is 1. The zero-order chi connectivity index (χ0) is 14.5. The SMILES string of the molecule is Nc1c(F)cc(C(=O)NCCCc2ncc[nH]2)cc1F. The molecule has 4 N–H and O–H groups in total. The predicted octanol–water partition coefficient (Wildman–Crippen LogP) is 1.63. The number of amides is 1. The third kappa shape index (κ3) is 3.31. The van der Waals surface area contributed by atoms with Gasteiger partial charge >= 0.3 is 0 Å². The van der Waals surface area contributed by atoms with E-state index in [2.05, 4.69) is 15.3 Å². The molecule has 1 aromatic carbocycles. The first-order valence-corrected chi connectivity index (χ1v) is 6.09. The Balaban J connectivity index is 1.86. The number of nitrogens with two attached hydrogens (primary N) is 1. The van der Waals surface area contributed by atoms with Crippen LogP contribution in [0.4, 0.5) is 14.5 Å². The normalized spacial score (nSPS) is 10.5. The fourth-order valence-corrected chi connectivity index (χ4v) is 1.71. The smallest absolute Gasteiger partial charge is 0.251 e. The minimum atomic E-state index is -0.939. The third-order valence-corrected chi connectivity index (χ3v) is 2.77. The van der Waals surface area contributed by atoms with Crippen molar-refractivity contribution >= 4 is 11.6 Å². The molecule has 0 fully saturated rings. The maximum Gasteiger partial charge on any atom is 0.251 e. The first-order valence-electron chi connectivity index (χ1n) is 6.09. The average molecular weight is 280 g/mol. The zero-order valence-corrected chi connectivity index (χ0v) is 10.6. The van der Waals surface area contributed by atoms with Crippen LogP contribution in [-0.2, 0) is 6.42 Å². The number of halogens is 2. The van der Waals surface area contributed by atoms with Gasteiger partial charge in [-0.3, -0.25) is 4.79 Å². The molecule has 20 heavy (non-hydrogen) atoms. The Bertz CT molecular complexity index is 575. The summed E-state index contributed by atoms with van der Waals surface area (Å²) in [6, 6.07) is 1.83. The Morgan fingerprint density at radius 3 is 2.65 bits per heavy atom. The van der Waals surface area contributed by atoms with Gasteiger partial charge in [0.05, 0.1) is 0 Å². The topological polar surface area (TPSA) is 83.8 Å². The Hall–Kier alpha value is -2.44. The van der Waals surface area contributed by atoms with Crippen LogP contribution in [0, 0.1) is 11.6 Å². The standard InChI is InChI=1S/C13H14F2N4O/c14-9-6-8(7-10(15)12(9)16)13(20)19-3-1-2-11-17-4-5-18-11/h4-7H,1-3,16H2,(H,17,18)(H,19,20). The molecule has 1 heterocycles. The van der Waals surface area contributed by atoms with Gasteiger partial charge in [0.25, 0.3) is 5.91 Å². The number of nitrogen functional groups attached to an aromatic ring is 1. The summed E-state index contributed by atoms with van der Waals surface area (Å²) >= 11 is 0. The minimum Gasteiger partial charge on any atom is -0.394 e. The molecule has 2 rings (SSSR count). The van der Waals surface area contributed by atoms with Crippen molar-refractivity contribution in [2.75, 3.05) is 12.3 Å². The van der Waals surface area contributed by atoms with E-state index >= 15 is 0 Å². The van der Waals surface area contributed by atoms with Gasteiger partial charge in [-0.1, -0.05) is 0 Å². The van der Waals surface area contributed by atoms with Gasteiger partial charge in [0, 0.05) is 30.9 Å². The second-order valence-corrected chi connectivity index (χ2v) is 4.25. The molecule has 5 nitrogen and oxygen atoms in total. The van der Waals surface area contributed by atoms with E-state index < -0.39 is 23.2 Å². The number of nitrogens with one attached hydrogen (secondary N) is 2. The van der Waals surface area contributed by atoms with Crippen molar-refractivity contribution in [2.24, 2.45) is 0 Å². The van der Waals surface area contributed by atoms with Crippen molar-refractivity contribution in [3.8, 4) is 0 Å². The van der Waals surface area contributed by atoms with E-state index in [1.54, 1.807) is 12.4 Å². The van der Waals surface area contributed by atoms with E-state index in [1.165, 1.54) is 0 Å². The first-order chi connectivity index (χ1) is 9.58. The number of benzene rings is 1. The molecule has 0 unspecified atom stereocenters. The van der Waals surface area contributed by atoms with E-state index in [-0.39, 0.29) is 5.56 Å². The van der Waals surface area contributed by atoms with Crippen molar-refractivity contribution in [1.82, 2.24) is 15.3 Å². The Labute approximate surface area is 114 Å². The largest absolute Gasteiger partial charge is 0.394 e. The van der Waals surface area contributed by atoms with E-state index in [4.69, 9.17) is 5.73 Å². The number of H-pyrrole nitrogens is 1. The molecule has 1 amide bonds. The summed E-state index contributed by atoms with van der Waals surface area (Å²) in [7, 11) is 0. The molecule has 0 aliphatic carbocycles. The van der Waals surface area contributed by atoms with Gasteiger partial charge < -0.3 is 16.0 Å². The van der Waals surface area contributed by atoms with Crippen molar-refractivity contribution in [3.05, 3.63) is 47.5 Å². The predicted molar refractivity (Wildman–Crippen MR) is 70.0 cm³/mol. The number of hydrogen-bond acceptors (Lipinski definition) is 3. The molecule has 0 atom stereocenters. The van der Waals surface area contributed by atoms with Crippen LogP contribution in [0.3, 0.4) is 0 Å². The first kappa shape index (κ1) is 14.0. The van der Waals surface area contributed by atoms with E-state index in [1.807, 2.05) is 0 Å². The monoisotopic (exact) mass is 280 g/mol. The van der Waals surface area contributed by atoms with E-state index in [9.17, 15) is 13.6 Å². The van der Waals surface area contributed by atoms with Crippen LogP contribution >= 0.6 is 0 Å². The molecule has 0 aliphatic rings. The lowest BCUT2D eigenvalue weighted by Gasteiger charge is -2.06. The van der Waals surface area contributed by atoms with Crippen LogP contribution in [0.25, 0.3) is 0 Å². The molecule has 0 bridgehead atoms. The van der Waals surface area contributed by atoms with Gasteiger partial charge in [-0.15, -0.1) is 0 Å². The summed E-state index contributed by atoms with van der Waals surface area (Å²) in [5.74, 6) is -1.59. The van der Waals surface area contributed by atoms with Crippen LogP contribution in [0.2, 0.25) is 0 Å². The van der Waals surface area contributed by atoms with Gasteiger partial charge in [-0.05, 0) is 18.6 Å². The number of hydrogen-bond donors (Lipinski definition) is 3. The van der Waals surface area contributed by atoms with Crippen LogP contribution in [0.15, 0.2) is 24.5 Å². The lowest BCUT2D eigenvalue weighted by molar-refractivity contribution is 0.0952. The van der Waals surface area contributed by atoms with Gasteiger partial charge in [0.1, 0.15) is 23.1 Å². The van der Waals surface area contributed by atoms with Crippen molar-refractivity contribution in [2.45, 2.75) is 12.8 Å². The van der Waals surface area contributed by atoms with Crippen molar-refractivity contribution in [3.63, 3.8) is 0 Å². The van der Waals surface area contributed by atoms with Gasteiger partial charge in [-0.25, -0.2) is 13.8 Å². The third-order valence-electron chi connectivity index (χ3n) is 2.77. The molecular formula is C13H14F2N4O. The van der Waals surface area contributed by atoms with Crippen molar-refractivity contribution < 1.29 is 13.6 Å². The maximum atomic E-state index is 13.2. The summed E-state index contributed by atoms with van der Waals surface area (Å²) < 4.78 is 26.4. The Morgan fingerprint density at radius 1 is 1.35 bits per heavy atom. The number of aromatic amines is 1. The lowest BCUT2D eigenvalue weighted by Crippen LogP contribution is -2.25. The van der Waals surface area contributed by atoms with Gasteiger partial charge in [-0.2, -0.15) is 0 Å². The molecule has 0 aliphatic heterocycles. The van der Waals surface area contributed by atoms with Crippen LogP contribution < -0.4 is 11.1 Å². The second kappa shape index (κ2) is 6.14. The number of anilines is 1. The van der Waals surface area contributed by atoms with Crippen LogP contribution in [0.5, 0.6) is 0 Å². The minimum absolute atomic E-state index is 0.0906. The number of imidazole rings is 1. The molecule has 2 aromatic rings. The summed E-state index contributed by atoms with van der Waals surface area (Å²) in [4.78, 5) is 18.7. The second-order valence-electron chi connectivity index (χ2n) is 4.25. The van der Waals surface area contributed by atoms with Crippen molar-refractivity contribution in [1.29, 1.82) is 0 Å². The number of rotatable bonds is 5. The summed E-state index contributed by atoms with van der Waals surface area (Å²) in [5.41, 5.74) is 4.46. The molecule has 106 valence electrons. The molecule has 0 spiro atoms. The van der Waals surface area contributed by atoms with Gasteiger partial charge in [0.15, 0.2) is 0 Å². The quantitative estimate of drug-likeness (QED) is 0.575. The average Bonchev–Trinajstić information content (AvgIpc) is 2.93. The summed E-state index contributed by atoms with van der Waals surface area (Å²) in [6.45, 7) is 0.382. The highest BCUT2D eigenvalue weighted by Gasteiger charge is 2.12. The Morgan fingerprint density at radius 2 is 2.05 bits per heavy atom. The molecule has 0 radical (unpaired) electrons. The maximum absolute atomic E-state index is 13.2. The van der Waals surface area contributed by atoms with Gasteiger partial charge in [0.2, 0.25) is 0 Å². The molecule has 1 aromatic heterocycles. The number of carbonyl (C=O) groups excluding carboxylic acids is 1. The molecular weight excluding hydrogens is 266 g/mol. The van der Waals surface area contributed by atoms with Crippen LogP contribution in [0.1, 0.15) is 22.6 Å².